The number of anilines is 5. The van der Waals surface area contributed by atoms with Crippen LogP contribution in [-0.2, 0) is 0 Å². The monoisotopic (exact) mass is 416 g/mol. The number of aryl methyl sites for hydroxylation is 3. The number of benzene rings is 2. The Balaban J connectivity index is 1.38. The lowest BCUT2D eigenvalue weighted by atomic mass is 10.1. The van der Waals surface area contributed by atoms with Crippen LogP contribution in [0.1, 0.15) is 29.7 Å². The first-order valence-electron chi connectivity index (χ1n) is 10.6. The van der Waals surface area contributed by atoms with Gasteiger partial charge in [-0.3, -0.25) is 0 Å². The van der Waals surface area contributed by atoms with Gasteiger partial charge in [0.2, 0.25) is 5.95 Å². The molecule has 31 heavy (non-hydrogen) atoms. The average Bonchev–Trinajstić information content (AvgIpc) is 3.27. The number of carbonyl (C=O) groups excluding carboxylic acids is 1. The fourth-order valence-electron chi connectivity index (χ4n) is 3.59. The largest absolute Gasteiger partial charge is 0.356 e. The number of hydrogen-bond donors (Lipinski definition) is 3. The maximum absolute atomic E-state index is 12.3. The van der Waals surface area contributed by atoms with Crippen molar-refractivity contribution >= 4 is 34.9 Å². The molecule has 0 spiro atoms. The van der Waals surface area contributed by atoms with Gasteiger partial charge in [-0.2, -0.15) is 4.98 Å². The predicted octanol–water partition coefficient (Wildman–Crippen LogP) is 5.39. The fourth-order valence-corrected chi connectivity index (χ4v) is 3.59. The number of hydrogen-bond acceptors (Lipinski definition) is 5. The Morgan fingerprint density at radius 2 is 1.45 bits per heavy atom. The molecule has 0 saturated carbocycles. The van der Waals surface area contributed by atoms with Gasteiger partial charge in [0.25, 0.3) is 0 Å². The van der Waals surface area contributed by atoms with Crippen molar-refractivity contribution in [1.82, 2.24) is 9.97 Å². The maximum atomic E-state index is 12.3. The Bertz CT molecular complexity index is 1070. The van der Waals surface area contributed by atoms with E-state index in [4.69, 9.17) is 0 Å². The molecule has 3 aromatic rings. The van der Waals surface area contributed by atoms with E-state index in [-0.39, 0.29) is 6.03 Å². The van der Waals surface area contributed by atoms with E-state index >= 15 is 0 Å². The summed E-state index contributed by atoms with van der Waals surface area (Å²) in [6, 6.07) is 15.1. The van der Waals surface area contributed by atoms with Crippen LogP contribution in [0.25, 0.3) is 0 Å². The molecule has 1 saturated heterocycles. The summed E-state index contributed by atoms with van der Waals surface area (Å²) in [5.41, 5.74) is 5.59. The first-order chi connectivity index (χ1) is 15.0. The van der Waals surface area contributed by atoms with Crippen LogP contribution in [0, 0.1) is 20.8 Å². The third-order valence-electron chi connectivity index (χ3n) is 5.43. The molecule has 2 aromatic carbocycles. The lowest BCUT2D eigenvalue weighted by Crippen LogP contribution is -2.20. The Morgan fingerprint density at radius 1 is 0.806 bits per heavy atom. The molecular formula is C24H28N6O. The van der Waals surface area contributed by atoms with Crippen LogP contribution in [0.2, 0.25) is 0 Å². The van der Waals surface area contributed by atoms with Crippen molar-refractivity contribution in [3.05, 3.63) is 65.4 Å². The average molecular weight is 417 g/mol. The molecule has 0 atom stereocenters. The minimum absolute atomic E-state index is 0.277. The quantitative estimate of drug-likeness (QED) is 0.519. The molecule has 0 aliphatic carbocycles. The lowest BCUT2D eigenvalue weighted by molar-refractivity contribution is 0.262. The van der Waals surface area contributed by atoms with E-state index in [2.05, 4.69) is 30.8 Å². The van der Waals surface area contributed by atoms with Gasteiger partial charge in [0.1, 0.15) is 5.82 Å². The van der Waals surface area contributed by atoms with Crippen LogP contribution >= 0.6 is 0 Å². The van der Waals surface area contributed by atoms with Gasteiger partial charge in [-0.25, -0.2) is 9.78 Å². The highest BCUT2D eigenvalue weighted by Gasteiger charge is 2.15. The summed E-state index contributed by atoms with van der Waals surface area (Å²) in [5, 5.41) is 8.98. The van der Waals surface area contributed by atoms with Gasteiger partial charge in [0.15, 0.2) is 0 Å². The second kappa shape index (κ2) is 9.04. The van der Waals surface area contributed by atoms with Crippen LogP contribution in [0.15, 0.2) is 48.5 Å². The van der Waals surface area contributed by atoms with Crippen LogP contribution in [0.4, 0.5) is 33.6 Å². The normalized spacial score (nSPS) is 13.2. The molecule has 0 radical (unpaired) electrons. The van der Waals surface area contributed by atoms with E-state index in [1.165, 1.54) is 18.4 Å². The SMILES string of the molecule is Cc1cc(N2CCCC2)nc(Nc2ccc(NC(=O)Nc3ccc(C)c(C)c3)cc2)n1. The Hall–Kier alpha value is -3.61. The zero-order valence-electron chi connectivity index (χ0n) is 18.2. The second-order valence-corrected chi connectivity index (χ2v) is 7.97. The molecule has 1 aliphatic heterocycles. The van der Waals surface area contributed by atoms with Crippen molar-refractivity contribution in [2.75, 3.05) is 33.9 Å². The van der Waals surface area contributed by atoms with Gasteiger partial charge >= 0.3 is 6.03 Å². The van der Waals surface area contributed by atoms with Gasteiger partial charge in [0, 0.05) is 41.9 Å². The fraction of sp³-hybridized carbons (Fsp3) is 0.292. The summed E-state index contributed by atoms with van der Waals surface area (Å²) in [5.74, 6) is 1.55. The van der Waals surface area contributed by atoms with E-state index in [0.717, 1.165) is 41.5 Å². The summed E-state index contributed by atoms with van der Waals surface area (Å²) >= 11 is 0. The summed E-state index contributed by atoms with van der Waals surface area (Å²) in [7, 11) is 0. The first kappa shape index (κ1) is 20.7. The molecule has 3 N–H and O–H groups in total. The Kier molecular flexibility index (Phi) is 6.02. The number of amides is 2. The summed E-state index contributed by atoms with van der Waals surface area (Å²) in [4.78, 5) is 23.8. The van der Waals surface area contributed by atoms with Crippen molar-refractivity contribution < 1.29 is 4.79 Å². The molecule has 7 heteroatoms. The third-order valence-corrected chi connectivity index (χ3v) is 5.43. The molecule has 2 heterocycles. The summed E-state index contributed by atoms with van der Waals surface area (Å²) < 4.78 is 0. The highest BCUT2D eigenvalue weighted by Crippen LogP contribution is 2.22. The minimum Gasteiger partial charge on any atom is -0.356 e. The first-order valence-corrected chi connectivity index (χ1v) is 10.6. The molecule has 1 aromatic heterocycles. The van der Waals surface area contributed by atoms with Crippen molar-refractivity contribution in [1.29, 1.82) is 0 Å². The summed E-state index contributed by atoms with van der Waals surface area (Å²) in [6.45, 7) is 8.13. The van der Waals surface area contributed by atoms with Crippen molar-refractivity contribution in [3.63, 3.8) is 0 Å². The molecule has 0 unspecified atom stereocenters. The molecule has 160 valence electrons. The third kappa shape index (κ3) is 5.31. The highest BCUT2D eigenvalue weighted by atomic mass is 16.2. The molecule has 1 fully saturated rings. The molecule has 0 bridgehead atoms. The number of nitrogens with one attached hydrogen (secondary N) is 3. The summed E-state index contributed by atoms with van der Waals surface area (Å²) in [6.07, 6.45) is 2.41. The Labute approximate surface area is 182 Å². The van der Waals surface area contributed by atoms with Gasteiger partial charge in [-0.1, -0.05) is 6.07 Å². The van der Waals surface area contributed by atoms with Crippen LogP contribution in [0.5, 0.6) is 0 Å². The zero-order valence-corrected chi connectivity index (χ0v) is 18.2. The smallest absolute Gasteiger partial charge is 0.323 e. The standard InChI is InChI=1S/C24H28N6O/c1-16-6-7-21(14-17(16)2)28-24(31)27-20-10-8-19(9-11-20)26-23-25-18(3)15-22(29-23)30-12-4-5-13-30/h6-11,14-15H,4-5,12-13H2,1-3H3,(H,25,26,29)(H2,27,28,31). The zero-order chi connectivity index (χ0) is 21.8. The van der Waals surface area contributed by atoms with E-state index in [9.17, 15) is 4.79 Å². The van der Waals surface area contributed by atoms with Crippen molar-refractivity contribution in [3.8, 4) is 0 Å². The number of aromatic nitrogens is 2. The van der Waals surface area contributed by atoms with Crippen molar-refractivity contribution in [2.45, 2.75) is 33.6 Å². The lowest BCUT2D eigenvalue weighted by Gasteiger charge is -2.17. The predicted molar refractivity (Wildman–Crippen MR) is 126 cm³/mol. The van der Waals surface area contributed by atoms with Gasteiger partial charge in [-0.05, 0) is 81.1 Å². The topological polar surface area (TPSA) is 82.2 Å². The number of carbonyl (C=O) groups is 1. The van der Waals surface area contributed by atoms with E-state index in [1.54, 1.807) is 0 Å². The molecular weight excluding hydrogens is 388 g/mol. The number of urea groups is 1. The van der Waals surface area contributed by atoms with E-state index in [1.807, 2.05) is 69.3 Å². The van der Waals surface area contributed by atoms with Crippen LogP contribution in [0.3, 0.4) is 0 Å². The van der Waals surface area contributed by atoms with Gasteiger partial charge in [0.05, 0.1) is 0 Å². The number of rotatable bonds is 5. The van der Waals surface area contributed by atoms with Crippen LogP contribution < -0.4 is 20.9 Å². The highest BCUT2D eigenvalue weighted by molar-refractivity contribution is 5.99. The molecule has 2 amide bonds. The van der Waals surface area contributed by atoms with Crippen LogP contribution in [-0.4, -0.2) is 29.1 Å². The van der Waals surface area contributed by atoms with E-state index < -0.39 is 0 Å². The molecule has 4 rings (SSSR count). The number of nitrogens with zero attached hydrogens (tertiary/aromatic N) is 3. The van der Waals surface area contributed by atoms with E-state index in [0.29, 0.717) is 11.6 Å². The van der Waals surface area contributed by atoms with Gasteiger partial charge < -0.3 is 20.9 Å². The van der Waals surface area contributed by atoms with Crippen molar-refractivity contribution in [2.24, 2.45) is 0 Å². The maximum Gasteiger partial charge on any atom is 0.323 e. The molecule has 1 aliphatic rings. The minimum atomic E-state index is -0.277. The Morgan fingerprint density at radius 3 is 2.16 bits per heavy atom. The second-order valence-electron chi connectivity index (χ2n) is 7.97. The molecule has 7 nitrogen and oxygen atoms in total. The van der Waals surface area contributed by atoms with Gasteiger partial charge in [-0.15, -0.1) is 0 Å².